The molecular formula is C24H18FN3O2. The molecule has 1 aliphatic rings. The predicted octanol–water partition coefficient (Wildman–Crippen LogP) is 4.86. The SMILES string of the molecule is O=C1C[C@H](c2cccc(O)c2)c2c(-c3ccccc3)nn(-c3ccc(F)cc3)c2N1. The summed E-state index contributed by atoms with van der Waals surface area (Å²) in [4.78, 5) is 12.6. The van der Waals surface area contributed by atoms with Crippen LogP contribution in [0.5, 0.6) is 5.75 Å². The standard InChI is InChI=1S/C24H18FN3O2/c25-17-9-11-18(12-10-17)28-24-22(23(27-28)15-5-2-1-3-6-15)20(14-21(30)26-24)16-7-4-8-19(29)13-16/h1-13,20,29H,14H2,(H,26,30)/t20-/m1/s1. The van der Waals surface area contributed by atoms with Crippen LogP contribution in [0, 0.1) is 5.82 Å². The highest BCUT2D eigenvalue weighted by atomic mass is 19.1. The van der Waals surface area contributed by atoms with Gasteiger partial charge in [0.2, 0.25) is 5.91 Å². The van der Waals surface area contributed by atoms with Crippen molar-refractivity contribution >= 4 is 11.7 Å². The lowest BCUT2D eigenvalue weighted by Crippen LogP contribution is -2.24. The lowest BCUT2D eigenvalue weighted by molar-refractivity contribution is -0.116. The van der Waals surface area contributed by atoms with Crippen LogP contribution in [-0.2, 0) is 4.79 Å². The predicted molar refractivity (Wildman–Crippen MR) is 112 cm³/mol. The number of anilines is 1. The first-order valence-corrected chi connectivity index (χ1v) is 9.63. The summed E-state index contributed by atoms with van der Waals surface area (Å²) in [6.45, 7) is 0. The normalized spacial score (nSPS) is 15.5. The van der Waals surface area contributed by atoms with E-state index >= 15 is 0 Å². The summed E-state index contributed by atoms with van der Waals surface area (Å²) in [6, 6.07) is 22.7. The zero-order chi connectivity index (χ0) is 20.7. The highest BCUT2D eigenvalue weighted by Gasteiger charge is 2.34. The van der Waals surface area contributed by atoms with Gasteiger partial charge >= 0.3 is 0 Å². The fourth-order valence-electron chi connectivity index (χ4n) is 3.96. The van der Waals surface area contributed by atoms with Crippen molar-refractivity contribution in [3.8, 4) is 22.7 Å². The molecular weight excluding hydrogens is 381 g/mol. The van der Waals surface area contributed by atoms with Crippen molar-refractivity contribution in [2.24, 2.45) is 0 Å². The van der Waals surface area contributed by atoms with E-state index in [-0.39, 0.29) is 29.8 Å². The maximum Gasteiger partial charge on any atom is 0.226 e. The summed E-state index contributed by atoms with van der Waals surface area (Å²) in [7, 11) is 0. The molecule has 0 fully saturated rings. The number of halogens is 1. The third-order valence-corrected chi connectivity index (χ3v) is 5.31. The van der Waals surface area contributed by atoms with E-state index in [9.17, 15) is 14.3 Å². The summed E-state index contributed by atoms with van der Waals surface area (Å²) >= 11 is 0. The van der Waals surface area contributed by atoms with E-state index in [0.29, 0.717) is 11.5 Å². The molecule has 1 aromatic heterocycles. The highest BCUT2D eigenvalue weighted by Crippen LogP contribution is 2.44. The molecule has 2 heterocycles. The minimum Gasteiger partial charge on any atom is -0.508 e. The van der Waals surface area contributed by atoms with Crippen molar-refractivity contribution in [2.45, 2.75) is 12.3 Å². The van der Waals surface area contributed by atoms with Gasteiger partial charge in [-0.3, -0.25) is 4.79 Å². The van der Waals surface area contributed by atoms with Crippen LogP contribution in [0.25, 0.3) is 16.9 Å². The Morgan fingerprint density at radius 1 is 1.00 bits per heavy atom. The number of nitrogens with one attached hydrogen (secondary N) is 1. The van der Waals surface area contributed by atoms with E-state index < -0.39 is 0 Å². The van der Waals surface area contributed by atoms with Gasteiger partial charge < -0.3 is 10.4 Å². The Balaban J connectivity index is 1.77. The Bertz CT molecular complexity index is 1230. The van der Waals surface area contributed by atoms with Crippen molar-refractivity contribution in [1.29, 1.82) is 0 Å². The van der Waals surface area contributed by atoms with Gasteiger partial charge in [0, 0.05) is 23.5 Å². The van der Waals surface area contributed by atoms with Crippen molar-refractivity contribution in [3.05, 3.63) is 95.8 Å². The van der Waals surface area contributed by atoms with Gasteiger partial charge in [-0.1, -0.05) is 42.5 Å². The van der Waals surface area contributed by atoms with Crippen LogP contribution in [0.15, 0.2) is 78.9 Å². The Labute approximate surface area is 172 Å². The van der Waals surface area contributed by atoms with E-state index in [1.54, 1.807) is 35.0 Å². The van der Waals surface area contributed by atoms with Gasteiger partial charge in [-0.2, -0.15) is 5.10 Å². The number of aromatic hydroxyl groups is 1. The molecule has 0 saturated heterocycles. The molecule has 5 nitrogen and oxygen atoms in total. The minimum absolute atomic E-state index is 0.140. The summed E-state index contributed by atoms with van der Waals surface area (Å²) in [5.74, 6) is -0.0500. The highest BCUT2D eigenvalue weighted by molar-refractivity contribution is 5.96. The Morgan fingerprint density at radius 2 is 1.77 bits per heavy atom. The summed E-state index contributed by atoms with van der Waals surface area (Å²) in [5, 5.41) is 17.8. The topological polar surface area (TPSA) is 67.1 Å². The fourth-order valence-corrected chi connectivity index (χ4v) is 3.96. The van der Waals surface area contributed by atoms with E-state index in [0.717, 1.165) is 22.4 Å². The number of benzene rings is 3. The molecule has 148 valence electrons. The maximum atomic E-state index is 13.5. The fraction of sp³-hybridized carbons (Fsp3) is 0.0833. The van der Waals surface area contributed by atoms with Crippen molar-refractivity contribution in [2.75, 3.05) is 5.32 Å². The first-order chi connectivity index (χ1) is 14.6. The summed E-state index contributed by atoms with van der Waals surface area (Å²) in [5.41, 5.74) is 4.00. The third-order valence-electron chi connectivity index (χ3n) is 5.31. The number of nitrogens with zero attached hydrogens (tertiary/aromatic N) is 2. The van der Waals surface area contributed by atoms with Gasteiger partial charge in [0.1, 0.15) is 17.4 Å². The number of carbonyl (C=O) groups is 1. The zero-order valence-corrected chi connectivity index (χ0v) is 15.9. The molecule has 2 N–H and O–H groups in total. The van der Waals surface area contributed by atoms with Crippen LogP contribution >= 0.6 is 0 Å². The largest absolute Gasteiger partial charge is 0.508 e. The van der Waals surface area contributed by atoms with Gasteiger partial charge in [0.05, 0.1) is 11.4 Å². The lowest BCUT2D eigenvalue weighted by Gasteiger charge is -2.25. The van der Waals surface area contributed by atoms with E-state index in [1.807, 2.05) is 36.4 Å². The molecule has 1 amide bonds. The van der Waals surface area contributed by atoms with Gasteiger partial charge in [-0.15, -0.1) is 0 Å². The Kier molecular flexibility index (Phi) is 4.32. The number of aromatic nitrogens is 2. The van der Waals surface area contributed by atoms with Crippen LogP contribution in [0.2, 0.25) is 0 Å². The first-order valence-electron chi connectivity index (χ1n) is 9.63. The number of rotatable bonds is 3. The van der Waals surface area contributed by atoms with Crippen molar-refractivity contribution in [1.82, 2.24) is 9.78 Å². The average molecular weight is 399 g/mol. The van der Waals surface area contributed by atoms with Crippen molar-refractivity contribution < 1.29 is 14.3 Å². The second-order valence-electron chi connectivity index (χ2n) is 7.27. The molecule has 1 aliphatic heterocycles. The maximum absolute atomic E-state index is 13.5. The molecule has 0 radical (unpaired) electrons. The third kappa shape index (κ3) is 3.12. The molecule has 0 spiro atoms. The molecule has 0 aliphatic carbocycles. The lowest BCUT2D eigenvalue weighted by atomic mass is 9.84. The molecule has 4 aromatic rings. The molecule has 0 bridgehead atoms. The summed E-state index contributed by atoms with van der Waals surface area (Å²) < 4.78 is 15.1. The van der Waals surface area contributed by atoms with Gasteiger partial charge in [-0.05, 0) is 42.0 Å². The number of phenolic OH excluding ortho intramolecular Hbond substituents is 1. The smallest absolute Gasteiger partial charge is 0.226 e. The number of phenols is 1. The van der Waals surface area contributed by atoms with Crippen LogP contribution < -0.4 is 5.32 Å². The summed E-state index contributed by atoms with van der Waals surface area (Å²) in [6.07, 6.45) is 0.241. The van der Waals surface area contributed by atoms with E-state index in [1.165, 1.54) is 12.1 Å². The monoisotopic (exact) mass is 399 g/mol. The number of carbonyl (C=O) groups excluding carboxylic acids is 1. The number of hydrogen-bond acceptors (Lipinski definition) is 3. The second-order valence-corrected chi connectivity index (χ2v) is 7.27. The van der Waals surface area contributed by atoms with Crippen molar-refractivity contribution in [3.63, 3.8) is 0 Å². The molecule has 0 unspecified atom stereocenters. The second kappa shape index (κ2) is 7.15. The Hall–Kier alpha value is -3.93. The van der Waals surface area contributed by atoms with Crippen LogP contribution in [0.4, 0.5) is 10.2 Å². The van der Waals surface area contributed by atoms with E-state index in [4.69, 9.17) is 5.10 Å². The zero-order valence-electron chi connectivity index (χ0n) is 15.9. The molecule has 5 rings (SSSR count). The van der Waals surface area contributed by atoms with Gasteiger partial charge in [0.15, 0.2) is 0 Å². The van der Waals surface area contributed by atoms with Crippen LogP contribution in [-0.4, -0.2) is 20.8 Å². The molecule has 6 heteroatoms. The molecule has 3 aromatic carbocycles. The van der Waals surface area contributed by atoms with E-state index in [2.05, 4.69) is 5.32 Å². The molecule has 0 saturated carbocycles. The number of amides is 1. The quantitative estimate of drug-likeness (QED) is 0.517. The molecule has 30 heavy (non-hydrogen) atoms. The molecule has 1 atom stereocenters. The van der Waals surface area contributed by atoms with Crippen LogP contribution in [0.1, 0.15) is 23.5 Å². The number of fused-ring (bicyclic) bond motifs is 1. The van der Waals surface area contributed by atoms with Gasteiger partial charge in [0.25, 0.3) is 0 Å². The number of hydrogen-bond donors (Lipinski definition) is 2. The first kappa shape index (κ1) is 18.1. The minimum atomic E-state index is -0.343. The van der Waals surface area contributed by atoms with Gasteiger partial charge in [-0.25, -0.2) is 9.07 Å². The van der Waals surface area contributed by atoms with Crippen LogP contribution in [0.3, 0.4) is 0 Å². The Morgan fingerprint density at radius 3 is 2.50 bits per heavy atom. The average Bonchev–Trinajstić information content (AvgIpc) is 3.13.